The Balaban J connectivity index is 1.74. The van der Waals surface area contributed by atoms with Crippen molar-refractivity contribution in [2.45, 2.75) is 31.7 Å². The number of methoxy groups -OCH3 is 1. The van der Waals surface area contributed by atoms with Crippen LogP contribution >= 0.6 is 0 Å². The summed E-state index contributed by atoms with van der Waals surface area (Å²) in [5, 5.41) is 21.0. The Bertz CT molecular complexity index is 1000. The summed E-state index contributed by atoms with van der Waals surface area (Å²) in [5.41, 5.74) is 0.925. The van der Waals surface area contributed by atoms with Gasteiger partial charge in [-0.15, -0.1) is 0 Å². The largest absolute Gasteiger partial charge is 0.495 e. The molecule has 1 aliphatic heterocycles. The molecule has 4 heterocycles. The zero-order chi connectivity index (χ0) is 19.9. The van der Waals surface area contributed by atoms with Gasteiger partial charge in [0.2, 0.25) is 5.95 Å². The van der Waals surface area contributed by atoms with Crippen LogP contribution in [0.5, 0.6) is 5.75 Å². The topological polar surface area (TPSA) is 109 Å². The first kappa shape index (κ1) is 18.5. The van der Waals surface area contributed by atoms with Crippen LogP contribution in [0, 0.1) is 0 Å². The van der Waals surface area contributed by atoms with Crippen molar-refractivity contribution in [3.63, 3.8) is 0 Å². The predicted molar refractivity (Wildman–Crippen MR) is 101 cm³/mol. The summed E-state index contributed by atoms with van der Waals surface area (Å²) >= 11 is 0. The number of nitrogens with one attached hydrogen (secondary N) is 2. The highest BCUT2D eigenvalue weighted by Gasteiger charge is 2.28. The van der Waals surface area contributed by atoms with Crippen molar-refractivity contribution in [3.8, 4) is 17.1 Å². The number of halogens is 1. The van der Waals surface area contributed by atoms with Crippen LogP contribution in [0.3, 0.4) is 0 Å². The summed E-state index contributed by atoms with van der Waals surface area (Å²) in [7, 11) is 1.52. The molecule has 2 unspecified atom stereocenters. The van der Waals surface area contributed by atoms with E-state index in [1.54, 1.807) is 42.9 Å². The SMILES string of the molecule is COc1cc2ncc(-c3ccnc(NC4CNCC4F)n3)n2nc1C(C)(C)O. The maximum Gasteiger partial charge on any atom is 0.223 e. The van der Waals surface area contributed by atoms with Crippen LogP contribution in [0.1, 0.15) is 19.5 Å². The summed E-state index contributed by atoms with van der Waals surface area (Å²) in [6, 6.07) is 3.06. The lowest BCUT2D eigenvalue weighted by Crippen LogP contribution is -2.30. The van der Waals surface area contributed by atoms with E-state index in [1.807, 2.05) is 0 Å². The van der Waals surface area contributed by atoms with Gasteiger partial charge in [0.15, 0.2) is 5.65 Å². The van der Waals surface area contributed by atoms with E-state index in [9.17, 15) is 9.50 Å². The van der Waals surface area contributed by atoms with Gasteiger partial charge in [0.05, 0.1) is 25.0 Å². The fraction of sp³-hybridized carbons (Fsp3) is 0.444. The second-order valence-electron chi connectivity index (χ2n) is 7.22. The first-order valence-corrected chi connectivity index (χ1v) is 8.97. The second-order valence-corrected chi connectivity index (χ2v) is 7.22. The Kier molecular flexibility index (Phi) is 4.60. The summed E-state index contributed by atoms with van der Waals surface area (Å²) < 4.78 is 20.8. The Morgan fingerprint density at radius 1 is 1.36 bits per heavy atom. The number of imidazole rings is 1. The van der Waals surface area contributed by atoms with Crippen LogP contribution in [0.25, 0.3) is 17.0 Å². The molecule has 9 nitrogen and oxygen atoms in total. The highest BCUT2D eigenvalue weighted by Crippen LogP contribution is 2.30. The Labute approximate surface area is 161 Å². The molecule has 28 heavy (non-hydrogen) atoms. The second kappa shape index (κ2) is 6.95. The van der Waals surface area contributed by atoms with Crippen LogP contribution in [-0.2, 0) is 5.60 Å². The molecular formula is C18H22FN7O2. The van der Waals surface area contributed by atoms with Gasteiger partial charge in [0, 0.05) is 25.4 Å². The van der Waals surface area contributed by atoms with Gasteiger partial charge in [-0.25, -0.2) is 23.9 Å². The average molecular weight is 387 g/mol. The molecule has 3 aromatic rings. The van der Waals surface area contributed by atoms with Gasteiger partial charge in [-0.1, -0.05) is 0 Å². The number of rotatable bonds is 5. The number of aliphatic hydroxyl groups is 1. The Morgan fingerprint density at radius 3 is 2.86 bits per heavy atom. The lowest BCUT2D eigenvalue weighted by Gasteiger charge is -2.19. The van der Waals surface area contributed by atoms with Crippen LogP contribution in [-0.4, -0.2) is 62.1 Å². The van der Waals surface area contributed by atoms with Crippen molar-refractivity contribution >= 4 is 11.6 Å². The third-order valence-electron chi connectivity index (χ3n) is 4.63. The third kappa shape index (κ3) is 3.36. The summed E-state index contributed by atoms with van der Waals surface area (Å²) in [6.07, 6.45) is 2.24. The normalized spacial score (nSPS) is 19.9. The Morgan fingerprint density at radius 2 is 2.18 bits per heavy atom. The van der Waals surface area contributed by atoms with Crippen molar-refractivity contribution in [1.29, 1.82) is 0 Å². The fourth-order valence-electron chi connectivity index (χ4n) is 3.18. The van der Waals surface area contributed by atoms with Crippen molar-refractivity contribution in [3.05, 3.63) is 30.2 Å². The number of ether oxygens (including phenoxy) is 1. The minimum absolute atomic E-state index is 0.316. The van der Waals surface area contributed by atoms with Gasteiger partial charge in [-0.05, 0) is 19.9 Å². The Hall–Kier alpha value is -2.85. The zero-order valence-electron chi connectivity index (χ0n) is 15.8. The number of hydrogen-bond acceptors (Lipinski definition) is 8. The van der Waals surface area contributed by atoms with Crippen LogP contribution < -0.4 is 15.4 Å². The smallest absolute Gasteiger partial charge is 0.223 e. The zero-order valence-corrected chi connectivity index (χ0v) is 15.8. The van der Waals surface area contributed by atoms with E-state index in [4.69, 9.17) is 4.74 Å². The van der Waals surface area contributed by atoms with Crippen LogP contribution in [0.4, 0.5) is 10.3 Å². The number of hydrogen-bond donors (Lipinski definition) is 3. The molecule has 148 valence electrons. The summed E-state index contributed by atoms with van der Waals surface area (Å²) in [5.74, 6) is 0.782. The molecule has 10 heteroatoms. The van der Waals surface area contributed by atoms with E-state index in [2.05, 4.69) is 30.7 Å². The van der Waals surface area contributed by atoms with Crippen molar-refractivity contribution in [2.24, 2.45) is 0 Å². The van der Waals surface area contributed by atoms with Crippen LogP contribution in [0.2, 0.25) is 0 Å². The predicted octanol–water partition coefficient (Wildman–Crippen LogP) is 1.14. The van der Waals surface area contributed by atoms with Gasteiger partial charge in [0.25, 0.3) is 0 Å². The molecule has 1 fully saturated rings. The highest BCUT2D eigenvalue weighted by molar-refractivity contribution is 5.61. The van der Waals surface area contributed by atoms with Crippen LogP contribution in [0.15, 0.2) is 24.5 Å². The molecule has 0 bridgehead atoms. The molecule has 2 atom stereocenters. The molecular weight excluding hydrogens is 365 g/mol. The molecule has 1 saturated heterocycles. The molecule has 0 spiro atoms. The maximum absolute atomic E-state index is 13.8. The number of alkyl halides is 1. The number of anilines is 1. The van der Waals surface area contributed by atoms with Gasteiger partial charge in [-0.3, -0.25) is 0 Å². The van der Waals surface area contributed by atoms with Gasteiger partial charge < -0.3 is 20.5 Å². The van der Waals surface area contributed by atoms with E-state index in [0.717, 1.165) is 0 Å². The minimum Gasteiger partial charge on any atom is -0.495 e. The molecule has 0 radical (unpaired) electrons. The number of fused-ring (bicyclic) bond motifs is 1. The fourth-order valence-corrected chi connectivity index (χ4v) is 3.18. The third-order valence-corrected chi connectivity index (χ3v) is 4.63. The molecule has 0 saturated carbocycles. The standard InChI is InChI=1S/C18H22FN7O2/c1-18(2,27)16-14(28-3)6-15-22-9-13(26(15)25-16)11-4-5-21-17(23-11)24-12-8-20-7-10(12)19/h4-6,9-10,12,20,27H,7-8H2,1-3H3,(H,21,23,24). The lowest BCUT2D eigenvalue weighted by molar-refractivity contribution is 0.0694. The summed E-state index contributed by atoms with van der Waals surface area (Å²) in [4.78, 5) is 13.0. The van der Waals surface area contributed by atoms with E-state index < -0.39 is 11.8 Å². The van der Waals surface area contributed by atoms with Gasteiger partial charge >= 0.3 is 0 Å². The number of nitrogens with zero attached hydrogens (tertiary/aromatic N) is 5. The first-order valence-electron chi connectivity index (χ1n) is 8.97. The minimum atomic E-state index is -1.20. The van der Waals surface area contributed by atoms with Gasteiger partial charge in [-0.2, -0.15) is 5.10 Å². The molecule has 0 aromatic carbocycles. The number of aromatic nitrogens is 5. The molecule has 1 aliphatic rings. The first-order chi connectivity index (χ1) is 13.4. The van der Waals surface area contributed by atoms with Crippen molar-refractivity contribution < 1.29 is 14.2 Å². The maximum atomic E-state index is 13.8. The summed E-state index contributed by atoms with van der Waals surface area (Å²) in [6.45, 7) is 4.10. The molecule has 3 aromatic heterocycles. The van der Waals surface area contributed by atoms with E-state index >= 15 is 0 Å². The van der Waals surface area contributed by atoms with E-state index in [0.29, 0.717) is 47.5 Å². The van der Waals surface area contributed by atoms with Gasteiger partial charge in [0.1, 0.15) is 28.9 Å². The molecule has 0 aliphatic carbocycles. The van der Waals surface area contributed by atoms with E-state index in [1.165, 1.54) is 7.11 Å². The molecule has 0 amide bonds. The monoisotopic (exact) mass is 387 g/mol. The van der Waals surface area contributed by atoms with Crippen molar-refractivity contribution in [1.82, 2.24) is 29.9 Å². The molecule has 3 N–H and O–H groups in total. The van der Waals surface area contributed by atoms with E-state index in [-0.39, 0.29) is 6.04 Å². The quantitative estimate of drug-likeness (QED) is 0.598. The highest BCUT2D eigenvalue weighted by atomic mass is 19.1. The van der Waals surface area contributed by atoms with Crippen molar-refractivity contribution in [2.75, 3.05) is 25.5 Å². The lowest BCUT2D eigenvalue weighted by atomic mass is 10.0. The average Bonchev–Trinajstić information content (AvgIpc) is 3.26. The molecule has 4 rings (SSSR count).